The molecule has 1 N–H and O–H groups in total. The number of thiophene rings is 1. The van der Waals surface area contributed by atoms with Crippen molar-refractivity contribution < 1.29 is 13.2 Å². The number of carbonyl (C=O) groups excluding carboxylic acids is 1. The second-order valence-corrected chi connectivity index (χ2v) is 8.44. The smallest absolute Gasteiger partial charge is 0.254 e. The summed E-state index contributed by atoms with van der Waals surface area (Å²) in [6, 6.07) is 10.4. The van der Waals surface area contributed by atoms with Crippen LogP contribution in [0.4, 0.5) is 0 Å². The second-order valence-electron chi connectivity index (χ2n) is 5.70. The van der Waals surface area contributed by atoms with Gasteiger partial charge in [0.25, 0.3) is 5.91 Å². The molecular weight excluding hydrogens is 344 g/mol. The van der Waals surface area contributed by atoms with Gasteiger partial charge in [0.15, 0.2) is 0 Å². The van der Waals surface area contributed by atoms with E-state index in [-0.39, 0.29) is 16.8 Å². The van der Waals surface area contributed by atoms with Gasteiger partial charge in [0.2, 0.25) is 10.0 Å². The van der Waals surface area contributed by atoms with Crippen molar-refractivity contribution in [1.29, 1.82) is 0 Å². The largest absolute Gasteiger partial charge is 0.331 e. The number of hydrogen-bond acceptors (Lipinski definition) is 4. The number of nitrogens with one attached hydrogen (secondary N) is 1. The van der Waals surface area contributed by atoms with Crippen LogP contribution >= 0.6 is 11.3 Å². The van der Waals surface area contributed by atoms with Crippen LogP contribution in [0.5, 0.6) is 0 Å². The number of likely N-dealkylation sites (tertiary alicyclic amines) is 1. The maximum Gasteiger partial charge on any atom is 0.254 e. The van der Waals surface area contributed by atoms with Gasteiger partial charge in [-0.3, -0.25) is 4.79 Å². The molecule has 1 aliphatic heterocycles. The molecule has 1 atom stereocenters. The summed E-state index contributed by atoms with van der Waals surface area (Å²) < 4.78 is 26.4. The van der Waals surface area contributed by atoms with E-state index in [1.807, 2.05) is 16.3 Å². The van der Waals surface area contributed by atoms with E-state index in [0.717, 1.165) is 19.4 Å². The Kier molecular flexibility index (Phi) is 5.03. The fourth-order valence-electron chi connectivity index (χ4n) is 3.00. The molecule has 0 unspecified atom stereocenters. The van der Waals surface area contributed by atoms with E-state index in [0.29, 0.717) is 12.1 Å². The molecule has 7 heteroatoms. The minimum atomic E-state index is -3.49. The number of nitrogens with zero attached hydrogens (tertiary/aromatic N) is 1. The highest BCUT2D eigenvalue weighted by Gasteiger charge is 2.31. The van der Waals surface area contributed by atoms with E-state index < -0.39 is 10.0 Å². The molecular formula is C17H20N2O3S2. The van der Waals surface area contributed by atoms with Crippen LogP contribution < -0.4 is 4.72 Å². The zero-order valence-corrected chi connectivity index (χ0v) is 15.1. The zero-order valence-electron chi connectivity index (χ0n) is 13.4. The third kappa shape index (κ3) is 3.38. The topological polar surface area (TPSA) is 66.5 Å². The Bertz CT molecular complexity index is 799. The van der Waals surface area contributed by atoms with Gasteiger partial charge >= 0.3 is 0 Å². The van der Waals surface area contributed by atoms with Gasteiger partial charge < -0.3 is 4.90 Å². The Morgan fingerprint density at radius 1 is 1.29 bits per heavy atom. The number of rotatable bonds is 5. The molecule has 128 valence electrons. The van der Waals surface area contributed by atoms with E-state index in [9.17, 15) is 13.2 Å². The summed E-state index contributed by atoms with van der Waals surface area (Å²) in [7, 11) is -3.49. The zero-order chi connectivity index (χ0) is 17.2. The summed E-state index contributed by atoms with van der Waals surface area (Å²) >= 11 is 1.67. The van der Waals surface area contributed by atoms with Crippen LogP contribution in [0.2, 0.25) is 0 Å². The van der Waals surface area contributed by atoms with Crippen molar-refractivity contribution in [3.8, 4) is 0 Å². The maximum atomic E-state index is 12.8. The molecule has 2 aromatic rings. The lowest BCUT2D eigenvalue weighted by molar-refractivity contribution is 0.0738. The molecule has 5 nitrogen and oxygen atoms in total. The first-order valence-corrected chi connectivity index (χ1v) is 10.3. The highest BCUT2D eigenvalue weighted by molar-refractivity contribution is 7.89. The number of benzene rings is 1. The normalized spacial score (nSPS) is 18.0. The number of sulfonamides is 1. The average molecular weight is 364 g/mol. The summed E-state index contributed by atoms with van der Waals surface area (Å²) in [5, 5.41) is 2.02. The predicted molar refractivity (Wildman–Crippen MR) is 94.6 cm³/mol. The van der Waals surface area contributed by atoms with Crippen LogP contribution in [0.3, 0.4) is 0 Å². The molecule has 1 amide bonds. The average Bonchev–Trinajstić information content (AvgIpc) is 3.25. The fraction of sp³-hybridized carbons (Fsp3) is 0.353. The minimum Gasteiger partial charge on any atom is -0.331 e. The van der Waals surface area contributed by atoms with E-state index in [1.165, 1.54) is 17.0 Å². The molecule has 0 bridgehead atoms. The Balaban J connectivity index is 1.80. The molecule has 0 saturated carbocycles. The van der Waals surface area contributed by atoms with Gasteiger partial charge in [-0.2, -0.15) is 0 Å². The van der Waals surface area contributed by atoms with Crippen molar-refractivity contribution in [3.05, 3.63) is 52.2 Å². The lowest BCUT2D eigenvalue weighted by Crippen LogP contribution is -2.30. The summed E-state index contributed by atoms with van der Waals surface area (Å²) in [6.07, 6.45) is 1.96. The van der Waals surface area contributed by atoms with Crippen molar-refractivity contribution in [2.75, 3.05) is 13.1 Å². The molecule has 0 spiro atoms. The van der Waals surface area contributed by atoms with Crippen LogP contribution in [-0.2, 0) is 10.0 Å². The van der Waals surface area contributed by atoms with Gasteiger partial charge in [0.05, 0.1) is 10.9 Å². The summed E-state index contributed by atoms with van der Waals surface area (Å²) in [5.74, 6) is -0.0432. The van der Waals surface area contributed by atoms with Crippen LogP contribution in [-0.4, -0.2) is 32.3 Å². The lowest BCUT2D eigenvalue weighted by atomic mass is 10.1. The molecule has 3 rings (SSSR count). The molecule has 1 fully saturated rings. The summed E-state index contributed by atoms with van der Waals surface area (Å²) in [4.78, 5) is 16.1. The molecule has 1 aromatic heterocycles. The van der Waals surface area contributed by atoms with Crippen molar-refractivity contribution in [3.63, 3.8) is 0 Å². The number of amides is 1. The van der Waals surface area contributed by atoms with Gasteiger partial charge in [0, 0.05) is 23.5 Å². The van der Waals surface area contributed by atoms with Crippen LogP contribution in [0.1, 0.15) is 41.0 Å². The Labute approximate surface area is 146 Å². The second kappa shape index (κ2) is 7.04. The van der Waals surface area contributed by atoms with Crippen LogP contribution in [0.15, 0.2) is 46.7 Å². The third-order valence-corrected chi connectivity index (χ3v) is 6.67. The quantitative estimate of drug-likeness (QED) is 0.887. The molecule has 2 heterocycles. The van der Waals surface area contributed by atoms with E-state index >= 15 is 0 Å². The summed E-state index contributed by atoms with van der Waals surface area (Å²) in [5.41, 5.74) is 0.522. The molecule has 24 heavy (non-hydrogen) atoms. The monoisotopic (exact) mass is 364 g/mol. The van der Waals surface area contributed by atoms with Crippen molar-refractivity contribution >= 4 is 27.3 Å². The first-order valence-electron chi connectivity index (χ1n) is 7.97. The van der Waals surface area contributed by atoms with E-state index in [4.69, 9.17) is 0 Å². The van der Waals surface area contributed by atoms with Gasteiger partial charge in [-0.05, 0) is 48.6 Å². The van der Waals surface area contributed by atoms with E-state index in [2.05, 4.69) is 10.8 Å². The van der Waals surface area contributed by atoms with Crippen molar-refractivity contribution in [2.24, 2.45) is 0 Å². The number of hydrogen-bond donors (Lipinski definition) is 1. The Morgan fingerprint density at radius 2 is 2.04 bits per heavy atom. The Morgan fingerprint density at radius 3 is 2.67 bits per heavy atom. The predicted octanol–water partition coefficient (Wildman–Crippen LogP) is 3.02. The highest BCUT2D eigenvalue weighted by Crippen LogP contribution is 2.35. The maximum absolute atomic E-state index is 12.8. The summed E-state index contributed by atoms with van der Waals surface area (Å²) in [6.45, 7) is 2.80. The van der Waals surface area contributed by atoms with E-state index in [1.54, 1.807) is 30.4 Å². The van der Waals surface area contributed by atoms with Crippen LogP contribution in [0.25, 0.3) is 0 Å². The number of carbonyl (C=O) groups is 1. The first kappa shape index (κ1) is 17.1. The molecule has 1 aliphatic rings. The van der Waals surface area contributed by atoms with Crippen molar-refractivity contribution in [2.45, 2.75) is 30.7 Å². The van der Waals surface area contributed by atoms with Gasteiger partial charge in [-0.1, -0.05) is 13.0 Å². The third-order valence-electron chi connectivity index (χ3n) is 4.13. The standard InChI is InChI=1S/C17H20N2O3S2/c1-2-18-24(21,22)14-9-7-13(8-10-14)17(20)19-11-3-5-15(19)16-6-4-12-23-16/h4,6-10,12,15,18H,2-3,5,11H2,1H3/t15-/m0/s1. The van der Waals surface area contributed by atoms with Crippen molar-refractivity contribution in [1.82, 2.24) is 9.62 Å². The van der Waals surface area contributed by atoms with Gasteiger partial charge in [-0.25, -0.2) is 13.1 Å². The van der Waals surface area contributed by atoms with Gasteiger partial charge in [0.1, 0.15) is 0 Å². The first-order chi connectivity index (χ1) is 11.5. The minimum absolute atomic E-state index is 0.0432. The molecule has 0 aliphatic carbocycles. The lowest BCUT2D eigenvalue weighted by Gasteiger charge is -2.24. The highest BCUT2D eigenvalue weighted by atomic mass is 32.2. The molecule has 0 radical (unpaired) electrons. The Hall–Kier alpha value is -1.70. The molecule has 1 aromatic carbocycles. The fourth-order valence-corrected chi connectivity index (χ4v) is 4.92. The van der Waals surface area contributed by atoms with Crippen LogP contribution in [0, 0.1) is 0 Å². The SMILES string of the molecule is CCNS(=O)(=O)c1ccc(C(=O)N2CCC[C@H]2c2cccs2)cc1. The van der Waals surface area contributed by atoms with Gasteiger partial charge in [-0.15, -0.1) is 11.3 Å². The molecule has 1 saturated heterocycles.